The molecule has 0 saturated heterocycles. The molecule has 0 aliphatic carbocycles. The number of benzene rings is 1. The average Bonchev–Trinajstić information content (AvgIpc) is 2.78. The molecular formula is C26H43N3O6. The number of alkyl carbamates (subject to hydrolysis) is 1. The topological polar surface area (TPSA) is 115 Å². The van der Waals surface area contributed by atoms with Crippen LogP contribution in [0.2, 0.25) is 0 Å². The molecule has 0 aliphatic rings. The highest BCUT2D eigenvalue weighted by atomic mass is 16.6. The van der Waals surface area contributed by atoms with E-state index in [1.807, 2.05) is 44.2 Å². The highest BCUT2D eigenvalue weighted by molar-refractivity contribution is 5.76. The quantitative estimate of drug-likeness (QED) is 0.284. The van der Waals surface area contributed by atoms with Gasteiger partial charge < -0.3 is 24.8 Å². The first kappa shape index (κ1) is 30.4. The van der Waals surface area contributed by atoms with Crippen molar-refractivity contribution in [3.8, 4) is 0 Å². The summed E-state index contributed by atoms with van der Waals surface area (Å²) in [6.45, 7) is 11.4. The highest BCUT2D eigenvalue weighted by Crippen LogP contribution is 2.13. The second-order valence-corrected chi connectivity index (χ2v) is 10.1. The number of amides is 1. The van der Waals surface area contributed by atoms with Gasteiger partial charge in [-0.15, -0.1) is 0 Å². The van der Waals surface area contributed by atoms with Crippen LogP contribution < -0.4 is 16.0 Å². The minimum Gasteiger partial charge on any atom is -0.468 e. The number of hydrogen-bond donors (Lipinski definition) is 3. The molecule has 0 fully saturated rings. The Morgan fingerprint density at radius 2 is 1.51 bits per heavy atom. The Bertz CT molecular complexity index is 794. The van der Waals surface area contributed by atoms with E-state index in [0.717, 1.165) is 5.56 Å². The Balaban J connectivity index is 3.29. The van der Waals surface area contributed by atoms with Crippen LogP contribution in [0.3, 0.4) is 0 Å². The molecule has 3 N–H and O–H groups in total. The number of carbonyl (C=O) groups is 3. The van der Waals surface area contributed by atoms with Crippen LogP contribution >= 0.6 is 0 Å². The summed E-state index contributed by atoms with van der Waals surface area (Å²) in [7, 11) is 2.68. The van der Waals surface area contributed by atoms with E-state index in [2.05, 4.69) is 16.0 Å². The number of nitrogens with one attached hydrogen (secondary N) is 3. The number of carbonyl (C=O) groups excluding carboxylic acids is 3. The first-order valence-electron chi connectivity index (χ1n) is 12.0. The van der Waals surface area contributed by atoms with Crippen LogP contribution in [0.5, 0.6) is 0 Å². The third-order valence-electron chi connectivity index (χ3n) is 5.29. The molecule has 1 amide bonds. The van der Waals surface area contributed by atoms with Crippen LogP contribution in [0.25, 0.3) is 0 Å². The number of methoxy groups -OCH3 is 2. The zero-order valence-electron chi connectivity index (χ0n) is 22.3. The highest BCUT2D eigenvalue weighted by Gasteiger charge is 2.31. The normalized spacial score (nSPS) is 15.0. The van der Waals surface area contributed by atoms with E-state index in [1.54, 1.807) is 27.7 Å². The van der Waals surface area contributed by atoms with Gasteiger partial charge in [0.25, 0.3) is 0 Å². The molecule has 9 heteroatoms. The number of esters is 2. The van der Waals surface area contributed by atoms with E-state index >= 15 is 0 Å². The number of hydrogen-bond acceptors (Lipinski definition) is 8. The zero-order valence-corrected chi connectivity index (χ0v) is 22.3. The second kappa shape index (κ2) is 14.7. The van der Waals surface area contributed by atoms with Crippen LogP contribution in [-0.4, -0.2) is 68.6 Å². The number of rotatable bonds is 13. The van der Waals surface area contributed by atoms with Gasteiger partial charge in [0.15, 0.2) is 0 Å². The molecule has 0 radical (unpaired) electrons. The molecule has 1 aromatic carbocycles. The van der Waals surface area contributed by atoms with Crippen molar-refractivity contribution >= 4 is 18.0 Å². The predicted octanol–water partition coefficient (Wildman–Crippen LogP) is 2.82. The van der Waals surface area contributed by atoms with Gasteiger partial charge in [-0.1, -0.05) is 44.2 Å². The SMILES string of the molecule is COC(=O)[C@H](C)NC[C@@H](N[C@@H](CC(C)C)C(=O)OC)[C@H](Cc1ccccc1)NC(=O)OC(C)(C)C. The molecule has 0 unspecified atom stereocenters. The van der Waals surface area contributed by atoms with Crippen molar-refractivity contribution in [2.45, 2.75) is 84.2 Å². The van der Waals surface area contributed by atoms with Crippen LogP contribution in [0.4, 0.5) is 4.79 Å². The lowest BCUT2D eigenvalue weighted by molar-refractivity contribution is -0.144. The van der Waals surface area contributed by atoms with E-state index in [4.69, 9.17) is 14.2 Å². The first-order valence-corrected chi connectivity index (χ1v) is 12.0. The van der Waals surface area contributed by atoms with Gasteiger partial charge in [-0.25, -0.2) is 4.79 Å². The summed E-state index contributed by atoms with van der Waals surface area (Å²) in [6.07, 6.45) is 0.451. The third-order valence-corrected chi connectivity index (χ3v) is 5.29. The Hall–Kier alpha value is -2.65. The van der Waals surface area contributed by atoms with Gasteiger partial charge in [-0.05, 0) is 52.0 Å². The fourth-order valence-corrected chi connectivity index (χ4v) is 3.61. The lowest BCUT2D eigenvalue weighted by Crippen LogP contribution is -2.60. The maximum absolute atomic E-state index is 12.8. The van der Waals surface area contributed by atoms with Crippen molar-refractivity contribution in [2.75, 3.05) is 20.8 Å². The summed E-state index contributed by atoms with van der Waals surface area (Å²) >= 11 is 0. The van der Waals surface area contributed by atoms with Crippen molar-refractivity contribution < 1.29 is 28.6 Å². The van der Waals surface area contributed by atoms with Gasteiger partial charge in [0, 0.05) is 12.6 Å². The van der Waals surface area contributed by atoms with Crippen molar-refractivity contribution in [3.05, 3.63) is 35.9 Å². The molecule has 1 aromatic rings. The lowest BCUT2D eigenvalue weighted by Gasteiger charge is -2.33. The Morgan fingerprint density at radius 3 is 2.03 bits per heavy atom. The summed E-state index contributed by atoms with van der Waals surface area (Å²) in [4.78, 5) is 37.3. The van der Waals surface area contributed by atoms with Crippen molar-refractivity contribution in [2.24, 2.45) is 5.92 Å². The van der Waals surface area contributed by atoms with Crippen molar-refractivity contribution in [3.63, 3.8) is 0 Å². The Kier molecular flexibility index (Phi) is 12.7. The lowest BCUT2D eigenvalue weighted by atomic mass is 9.96. The maximum Gasteiger partial charge on any atom is 0.407 e. The molecule has 0 bridgehead atoms. The maximum atomic E-state index is 12.8. The van der Waals surface area contributed by atoms with Gasteiger partial charge in [-0.3, -0.25) is 14.9 Å². The Morgan fingerprint density at radius 1 is 0.914 bits per heavy atom. The fraction of sp³-hybridized carbons (Fsp3) is 0.654. The van der Waals surface area contributed by atoms with Crippen molar-refractivity contribution in [1.29, 1.82) is 0 Å². The molecule has 9 nitrogen and oxygen atoms in total. The Labute approximate surface area is 209 Å². The van der Waals surface area contributed by atoms with Crippen LogP contribution in [-0.2, 0) is 30.2 Å². The molecule has 0 aliphatic heterocycles. The van der Waals surface area contributed by atoms with Gasteiger partial charge in [0.05, 0.1) is 20.3 Å². The molecule has 0 heterocycles. The molecule has 1 rings (SSSR count). The molecular weight excluding hydrogens is 450 g/mol. The van der Waals surface area contributed by atoms with Gasteiger partial charge in [-0.2, -0.15) is 0 Å². The zero-order chi connectivity index (χ0) is 26.6. The largest absolute Gasteiger partial charge is 0.468 e. The third kappa shape index (κ3) is 12.0. The van der Waals surface area contributed by atoms with Crippen LogP contribution in [0.1, 0.15) is 53.5 Å². The van der Waals surface area contributed by atoms with Gasteiger partial charge in [0.1, 0.15) is 17.7 Å². The molecule has 4 atom stereocenters. The summed E-state index contributed by atoms with van der Waals surface area (Å²) in [5.41, 5.74) is 0.327. The molecule has 198 valence electrons. The van der Waals surface area contributed by atoms with E-state index < -0.39 is 41.8 Å². The summed E-state index contributed by atoms with van der Waals surface area (Å²) in [5.74, 6) is -0.573. The minimum atomic E-state index is -0.672. The van der Waals surface area contributed by atoms with Crippen LogP contribution in [0, 0.1) is 5.92 Å². The monoisotopic (exact) mass is 493 g/mol. The van der Waals surface area contributed by atoms with E-state index in [0.29, 0.717) is 12.8 Å². The van der Waals surface area contributed by atoms with Crippen LogP contribution in [0.15, 0.2) is 30.3 Å². The molecule has 0 aromatic heterocycles. The van der Waals surface area contributed by atoms with E-state index in [-0.39, 0.29) is 18.4 Å². The molecule has 35 heavy (non-hydrogen) atoms. The van der Waals surface area contributed by atoms with Gasteiger partial charge >= 0.3 is 18.0 Å². The predicted molar refractivity (Wildman–Crippen MR) is 135 cm³/mol. The average molecular weight is 494 g/mol. The fourth-order valence-electron chi connectivity index (χ4n) is 3.61. The second-order valence-electron chi connectivity index (χ2n) is 10.1. The first-order chi connectivity index (χ1) is 16.4. The smallest absolute Gasteiger partial charge is 0.407 e. The summed E-state index contributed by atoms with van der Waals surface area (Å²) < 4.78 is 15.4. The summed E-state index contributed by atoms with van der Waals surface area (Å²) in [5, 5.41) is 9.51. The van der Waals surface area contributed by atoms with E-state index in [1.165, 1.54) is 14.2 Å². The van der Waals surface area contributed by atoms with Crippen molar-refractivity contribution in [1.82, 2.24) is 16.0 Å². The standard InChI is InChI=1S/C26H43N3O6/c1-17(2)14-21(24(31)34-8)28-22(16-27-18(3)23(30)33-7)20(15-19-12-10-9-11-13-19)29-25(32)35-26(4,5)6/h9-13,17-18,20-22,27-28H,14-16H2,1-8H3,(H,29,32)/t18-,20-,21-,22+/m0/s1. The minimum absolute atomic E-state index is 0.223. The molecule has 0 spiro atoms. The molecule has 0 saturated carbocycles. The van der Waals surface area contributed by atoms with Gasteiger partial charge in [0.2, 0.25) is 0 Å². The summed E-state index contributed by atoms with van der Waals surface area (Å²) in [6, 6.07) is 7.62. The number of ether oxygens (including phenoxy) is 3. The van der Waals surface area contributed by atoms with E-state index in [9.17, 15) is 14.4 Å².